The highest BCUT2D eigenvalue weighted by Crippen LogP contribution is 2.23. The van der Waals surface area contributed by atoms with Crippen LogP contribution < -0.4 is 16.9 Å². The van der Waals surface area contributed by atoms with Crippen LogP contribution in [0.1, 0.15) is 0 Å². The molecule has 2 atom stereocenters. The average molecular weight is 313 g/mol. The van der Waals surface area contributed by atoms with Crippen molar-refractivity contribution < 1.29 is 9.47 Å². The Hall–Kier alpha value is -1.61. The van der Waals surface area contributed by atoms with Gasteiger partial charge in [0.05, 0.1) is 18.9 Å². The van der Waals surface area contributed by atoms with Crippen molar-refractivity contribution in [3.63, 3.8) is 0 Å². The van der Waals surface area contributed by atoms with E-state index in [0.29, 0.717) is 24.6 Å². The molecule has 0 bridgehead atoms. The lowest BCUT2D eigenvalue weighted by molar-refractivity contribution is -0.0463. The summed E-state index contributed by atoms with van der Waals surface area (Å²) in [5, 5.41) is 4.12. The lowest BCUT2D eigenvalue weighted by Crippen LogP contribution is -2.44. The molecule has 0 saturated carbocycles. The SMILES string of the molecule is NC1=NNC(N)C1=NC1=CC(N2CCOCC2)OC(Cl)=C1. The van der Waals surface area contributed by atoms with Gasteiger partial charge in [-0.1, -0.05) is 0 Å². The van der Waals surface area contributed by atoms with Gasteiger partial charge in [0.15, 0.2) is 17.3 Å². The summed E-state index contributed by atoms with van der Waals surface area (Å²) in [5.74, 6) is 0.280. The second kappa shape index (κ2) is 6.02. The first kappa shape index (κ1) is 14.3. The summed E-state index contributed by atoms with van der Waals surface area (Å²) in [4.78, 5) is 6.56. The van der Waals surface area contributed by atoms with Crippen LogP contribution in [0.4, 0.5) is 0 Å². The molecule has 2 unspecified atom stereocenters. The smallest absolute Gasteiger partial charge is 0.191 e. The summed E-state index contributed by atoms with van der Waals surface area (Å²) in [7, 11) is 0. The number of allylic oxidation sites excluding steroid dienone is 1. The summed E-state index contributed by atoms with van der Waals surface area (Å²) in [5.41, 5.74) is 15.4. The quantitative estimate of drug-likeness (QED) is 0.618. The van der Waals surface area contributed by atoms with Crippen LogP contribution in [-0.2, 0) is 9.47 Å². The van der Waals surface area contributed by atoms with E-state index in [1.165, 1.54) is 0 Å². The number of rotatable bonds is 2. The molecule has 114 valence electrons. The third kappa shape index (κ3) is 3.18. The van der Waals surface area contributed by atoms with Gasteiger partial charge in [-0.25, -0.2) is 4.99 Å². The van der Waals surface area contributed by atoms with Gasteiger partial charge >= 0.3 is 0 Å². The number of hydrazone groups is 1. The molecule has 21 heavy (non-hydrogen) atoms. The van der Waals surface area contributed by atoms with Gasteiger partial charge < -0.3 is 20.9 Å². The molecule has 0 amide bonds. The van der Waals surface area contributed by atoms with E-state index in [2.05, 4.69) is 20.4 Å². The number of ether oxygens (including phenoxy) is 2. The zero-order valence-electron chi connectivity index (χ0n) is 11.3. The first-order valence-corrected chi connectivity index (χ1v) is 7.02. The van der Waals surface area contributed by atoms with Crippen molar-refractivity contribution in [2.75, 3.05) is 26.3 Å². The highest BCUT2D eigenvalue weighted by atomic mass is 35.5. The highest BCUT2D eigenvalue weighted by molar-refractivity contribution is 6.44. The van der Waals surface area contributed by atoms with Crippen LogP contribution in [0.3, 0.4) is 0 Å². The largest absolute Gasteiger partial charge is 0.460 e. The number of nitrogens with zero attached hydrogens (tertiary/aromatic N) is 3. The van der Waals surface area contributed by atoms with E-state index in [1.807, 2.05) is 6.08 Å². The van der Waals surface area contributed by atoms with Gasteiger partial charge in [0.25, 0.3) is 0 Å². The highest BCUT2D eigenvalue weighted by Gasteiger charge is 2.26. The number of hydrogen-bond donors (Lipinski definition) is 3. The summed E-state index contributed by atoms with van der Waals surface area (Å²) < 4.78 is 10.9. The summed E-state index contributed by atoms with van der Waals surface area (Å²) in [6.45, 7) is 2.90. The zero-order chi connectivity index (χ0) is 14.8. The number of morpholine rings is 1. The van der Waals surface area contributed by atoms with Crippen molar-refractivity contribution in [1.82, 2.24) is 10.3 Å². The van der Waals surface area contributed by atoms with Crippen molar-refractivity contribution in [2.45, 2.75) is 12.4 Å². The van der Waals surface area contributed by atoms with E-state index in [0.717, 1.165) is 13.1 Å². The maximum Gasteiger partial charge on any atom is 0.191 e. The molecule has 0 aromatic rings. The minimum absolute atomic E-state index is 0.269. The van der Waals surface area contributed by atoms with Crippen LogP contribution in [0, 0.1) is 0 Å². The molecule has 0 spiro atoms. The first-order chi connectivity index (χ1) is 10.1. The molecular weight excluding hydrogens is 296 g/mol. The van der Waals surface area contributed by atoms with E-state index in [1.54, 1.807) is 6.08 Å². The lowest BCUT2D eigenvalue weighted by atomic mass is 10.2. The van der Waals surface area contributed by atoms with E-state index < -0.39 is 6.17 Å². The molecule has 1 saturated heterocycles. The van der Waals surface area contributed by atoms with Gasteiger partial charge in [0.2, 0.25) is 0 Å². The summed E-state index contributed by atoms with van der Waals surface area (Å²) in [6.07, 6.45) is 2.73. The molecule has 0 aliphatic carbocycles. The Labute approximate surface area is 127 Å². The van der Waals surface area contributed by atoms with Gasteiger partial charge in [-0.15, -0.1) is 0 Å². The molecule has 3 rings (SSSR count). The predicted molar refractivity (Wildman–Crippen MR) is 79.5 cm³/mol. The Balaban J connectivity index is 1.81. The third-order valence-corrected chi connectivity index (χ3v) is 3.54. The maximum atomic E-state index is 6.05. The van der Waals surface area contributed by atoms with Gasteiger partial charge in [-0.3, -0.25) is 10.3 Å². The molecule has 5 N–H and O–H groups in total. The average Bonchev–Trinajstić information content (AvgIpc) is 2.79. The van der Waals surface area contributed by atoms with E-state index in [4.69, 9.17) is 32.5 Å². The standard InChI is InChI=1S/C12H17ClN6O2/c13-8-5-7(16-10-11(14)17-18-12(10)15)6-9(21-8)19-1-3-20-4-2-19/h5-6,9,11,17H,1-4,14H2,(H2,15,18). The Morgan fingerprint density at radius 2 is 2.19 bits per heavy atom. The Kier molecular flexibility index (Phi) is 4.11. The normalized spacial score (nSPS) is 32.1. The number of nitrogens with one attached hydrogen (secondary N) is 1. The molecular formula is C12H17ClN6O2. The van der Waals surface area contributed by atoms with E-state index in [9.17, 15) is 0 Å². The third-order valence-electron chi connectivity index (χ3n) is 3.34. The van der Waals surface area contributed by atoms with E-state index in [-0.39, 0.29) is 17.3 Å². The van der Waals surface area contributed by atoms with Crippen LogP contribution in [-0.4, -0.2) is 55.1 Å². The molecule has 3 heterocycles. The minimum atomic E-state index is -0.511. The fourth-order valence-corrected chi connectivity index (χ4v) is 2.46. The molecule has 3 aliphatic rings. The Morgan fingerprint density at radius 3 is 2.86 bits per heavy atom. The van der Waals surface area contributed by atoms with Crippen molar-refractivity contribution in [1.29, 1.82) is 0 Å². The predicted octanol–water partition coefficient (Wildman–Crippen LogP) is -0.760. The monoisotopic (exact) mass is 312 g/mol. The topological polar surface area (TPSA) is 110 Å². The van der Waals surface area contributed by atoms with E-state index >= 15 is 0 Å². The van der Waals surface area contributed by atoms with Crippen LogP contribution in [0.5, 0.6) is 0 Å². The van der Waals surface area contributed by atoms with Crippen molar-refractivity contribution in [3.05, 3.63) is 23.1 Å². The van der Waals surface area contributed by atoms with Crippen LogP contribution in [0.15, 0.2) is 33.2 Å². The van der Waals surface area contributed by atoms with Crippen LogP contribution >= 0.6 is 11.6 Å². The fraction of sp³-hybridized carbons (Fsp3) is 0.500. The first-order valence-electron chi connectivity index (χ1n) is 6.64. The molecule has 1 fully saturated rings. The minimum Gasteiger partial charge on any atom is -0.460 e. The molecule has 0 aromatic carbocycles. The maximum absolute atomic E-state index is 6.05. The second-order valence-corrected chi connectivity index (χ2v) is 5.17. The number of hydrogen-bond acceptors (Lipinski definition) is 8. The zero-order valence-corrected chi connectivity index (χ0v) is 12.1. The summed E-state index contributed by atoms with van der Waals surface area (Å²) >= 11 is 6.05. The van der Waals surface area contributed by atoms with Crippen molar-refractivity contribution >= 4 is 23.1 Å². The van der Waals surface area contributed by atoms with Gasteiger partial charge in [-0.05, 0) is 17.7 Å². The van der Waals surface area contributed by atoms with Gasteiger partial charge in [-0.2, -0.15) is 5.10 Å². The van der Waals surface area contributed by atoms with Gasteiger partial charge in [0.1, 0.15) is 11.9 Å². The van der Waals surface area contributed by atoms with Crippen LogP contribution in [0.25, 0.3) is 0 Å². The summed E-state index contributed by atoms with van der Waals surface area (Å²) in [6, 6.07) is 0. The molecule has 3 aliphatic heterocycles. The van der Waals surface area contributed by atoms with Crippen molar-refractivity contribution in [2.24, 2.45) is 21.6 Å². The molecule has 0 aromatic heterocycles. The van der Waals surface area contributed by atoms with Gasteiger partial charge in [0, 0.05) is 19.2 Å². The number of halogens is 1. The Morgan fingerprint density at radius 1 is 1.43 bits per heavy atom. The second-order valence-electron chi connectivity index (χ2n) is 4.80. The molecule has 0 radical (unpaired) electrons. The number of aliphatic imine (C=N–C) groups is 1. The van der Waals surface area contributed by atoms with Crippen molar-refractivity contribution in [3.8, 4) is 0 Å². The lowest BCUT2D eigenvalue weighted by Gasteiger charge is -2.33. The number of nitrogens with two attached hydrogens (primary N) is 2. The number of amidine groups is 1. The fourth-order valence-electron chi connectivity index (χ4n) is 2.26. The van der Waals surface area contributed by atoms with Crippen LogP contribution in [0.2, 0.25) is 0 Å². The Bertz CT molecular complexity index is 538. The molecule has 8 nitrogen and oxygen atoms in total. The molecule has 9 heteroatoms.